The highest BCUT2D eigenvalue weighted by Gasteiger charge is 2.46. The minimum atomic E-state index is -0.804. The number of amides is 1. The number of likely N-dealkylation sites (tertiary alicyclic amines) is 1. The summed E-state index contributed by atoms with van der Waals surface area (Å²) in [5, 5.41) is 20.8. The van der Waals surface area contributed by atoms with Crippen LogP contribution >= 0.6 is 0 Å². The minimum absolute atomic E-state index is 0.00589. The molecule has 1 aliphatic rings. The van der Waals surface area contributed by atoms with Crippen molar-refractivity contribution in [1.29, 1.82) is 0 Å². The van der Waals surface area contributed by atoms with Gasteiger partial charge in [0.2, 0.25) is 0 Å². The molecule has 1 saturated heterocycles. The van der Waals surface area contributed by atoms with E-state index in [4.69, 9.17) is 9.47 Å². The zero-order chi connectivity index (χ0) is 21.0. The number of methoxy groups -OCH3 is 2. The van der Waals surface area contributed by atoms with E-state index in [0.29, 0.717) is 24.2 Å². The summed E-state index contributed by atoms with van der Waals surface area (Å²) in [4.78, 5) is 27.0. The van der Waals surface area contributed by atoms with Crippen LogP contribution in [0, 0.1) is 0 Å². The van der Waals surface area contributed by atoms with Crippen molar-refractivity contribution in [1.82, 2.24) is 4.90 Å². The van der Waals surface area contributed by atoms with Gasteiger partial charge in [-0.15, -0.1) is 0 Å². The second-order valence-corrected chi connectivity index (χ2v) is 6.64. The van der Waals surface area contributed by atoms with Gasteiger partial charge in [0.25, 0.3) is 11.7 Å². The van der Waals surface area contributed by atoms with Crippen LogP contribution in [0.5, 0.6) is 11.5 Å². The number of benzene rings is 2. The average Bonchev–Trinajstić information content (AvgIpc) is 2.99. The number of aromatic hydroxyl groups is 1. The van der Waals surface area contributed by atoms with E-state index in [9.17, 15) is 19.8 Å². The Morgan fingerprint density at radius 1 is 1.10 bits per heavy atom. The van der Waals surface area contributed by atoms with Crippen molar-refractivity contribution in [3.05, 3.63) is 65.2 Å². The first kappa shape index (κ1) is 20.4. The molecular formula is C22H23NO6. The summed E-state index contributed by atoms with van der Waals surface area (Å²) in [5.74, 6) is -1.52. The molecule has 0 spiro atoms. The molecule has 0 saturated carbocycles. The van der Waals surface area contributed by atoms with E-state index < -0.39 is 17.7 Å². The Morgan fingerprint density at radius 2 is 1.83 bits per heavy atom. The second kappa shape index (κ2) is 8.79. The number of phenolic OH excluding ortho intramolecular Hbond substituents is 1. The fraction of sp³-hybridized carbons (Fsp3) is 0.273. The Hall–Kier alpha value is -3.32. The van der Waals surface area contributed by atoms with Crippen molar-refractivity contribution < 1.29 is 29.3 Å². The van der Waals surface area contributed by atoms with Crippen LogP contribution in [0.3, 0.4) is 0 Å². The average molecular weight is 397 g/mol. The van der Waals surface area contributed by atoms with Crippen LogP contribution in [-0.2, 0) is 14.3 Å². The summed E-state index contributed by atoms with van der Waals surface area (Å²) in [5.41, 5.74) is 0.998. The van der Waals surface area contributed by atoms with Gasteiger partial charge in [0.05, 0.1) is 18.7 Å². The molecule has 2 N–H and O–H groups in total. The normalized spacial score (nSPS) is 18.3. The fourth-order valence-corrected chi connectivity index (χ4v) is 3.45. The molecule has 1 atom stereocenters. The van der Waals surface area contributed by atoms with Gasteiger partial charge in [-0.3, -0.25) is 9.59 Å². The Morgan fingerprint density at radius 3 is 2.48 bits per heavy atom. The molecule has 7 nitrogen and oxygen atoms in total. The van der Waals surface area contributed by atoms with E-state index in [1.165, 1.54) is 18.1 Å². The van der Waals surface area contributed by atoms with Gasteiger partial charge in [-0.1, -0.05) is 36.4 Å². The predicted octanol–water partition coefficient (Wildman–Crippen LogP) is 2.86. The number of nitrogens with zero attached hydrogens (tertiary/aromatic N) is 1. The number of ether oxygens (including phenoxy) is 2. The Bertz CT molecular complexity index is 938. The quantitative estimate of drug-likeness (QED) is 0.323. The topological polar surface area (TPSA) is 96.3 Å². The summed E-state index contributed by atoms with van der Waals surface area (Å²) < 4.78 is 10.2. The third-order valence-corrected chi connectivity index (χ3v) is 4.85. The number of hydrogen-bond donors (Lipinski definition) is 2. The molecule has 0 bridgehead atoms. The van der Waals surface area contributed by atoms with Crippen LogP contribution in [-0.4, -0.2) is 54.2 Å². The predicted molar refractivity (Wildman–Crippen MR) is 107 cm³/mol. The van der Waals surface area contributed by atoms with Gasteiger partial charge in [0.15, 0.2) is 11.5 Å². The number of carbonyl (C=O) groups excluding carboxylic acids is 2. The zero-order valence-electron chi connectivity index (χ0n) is 16.3. The van der Waals surface area contributed by atoms with E-state index in [2.05, 4.69) is 0 Å². The van der Waals surface area contributed by atoms with Crippen molar-refractivity contribution in [3.8, 4) is 11.5 Å². The number of aliphatic hydroxyl groups excluding tert-OH is 1. The molecule has 0 aliphatic carbocycles. The van der Waals surface area contributed by atoms with Gasteiger partial charge in [-0.2, -0.15) is 0 Å². The molecule has 7 heteroatoms. The molecular weight excluding hydrogens is 374 g/mol. The van der Waals surface area contributed by atoms with Crippen LogP contribution in [0.15, 0.2) is 54.1 Å². The lowest BCUT2D eigenvalue weighted by Crippen LogP contribution is -2.31. The zero-order valence-corrected chi connectivity index (χ0v) is 16.3. The minimum Gasteiger partial charge on any atom is -0.507 e. The van der Waals surface area contributed by atoms with Crippen molar-refractivity contribution in [3.63, 3.8) is 0 Å². The molecule has 152 valence electrons. The Labute approximate surface area is 168 Å². The molecule has 0 radical (unpaired) electrons. The van der Waals surface area contributed by atoms with E-state index >= 15 is 0 Å². The van der Waals surface area contributed by atoms with Gasteiger partial charge in [-0.25, -0.2) is 0 Å². The standard InChI is InChI=1S/C22H23NO6/c1-28-12-6-11-23-19(15-9-10-16(24)17(13-15)29-2)18(21(26)22(23)27)20(25)14-7-4-3-5-8-14/h3-5,7-10,13,19,24-25H,6,11-12H2,1-2H3/b20-18-. The molecule has 2 aromatic carbocycles. The highest BCUT2D eigenvalue weighted by Crippen LogP contribution is 2.41. The highest BCUT2D eigenvalue weighted by molar-refractivity contribution is 6.46. The Balaban J connectivity index is 2.14. The number of hydrogen-bond acceptors (Lipinski definition) is 6. The molecule has 29 heavy (non-hydrogen) atoms. The van der Waals surface area contributed by atoms with Gasteiger partial charge < -0.3 is 24.6 Å². The fourth-order valence-electron chi connectivity index (χ4n) is 3.45. The lowest BCUT2D eigenvalue weighted by Gasteiger charge is -2.25. The van der Waals surface area contributed by atoms with E-state index in [0.717, 1.165) is 0 Å². The molecule has 2 aromatic rings. The second-order valence-electron chi connectivity index (χ2n) is 6.64. The molecule has 1 unspecified atom stereocenters. The number of ketones is 1. The molecule has 1 fully saturated rings. The van der Waals surface area contributed by atoms with E-state index in [-0.39, 0.29) is 29.4 Å². The van der Waals surface area contributed by atoms with Gasteiger partial charge >= 0.3 is 0 Å². The maximum Gasteiger partial charge on any atom is 0.295 e. The molecule has 1 heterocycles. The van der Waals surface area contributed by atoms with Crippen LogP contribution < -0.4 is 4.74 Å². The number of aliphatic hydroxyl groups is 1. The summed E-state index contributed by atoms with van der Waals surface area (Å²) in [7, 11) is 2.98. The monoisotopic (exact) mass is 397 g/mol. The third-order valence-electron chi connectivity index (χ3n) is 4.85. The summed E-state index contributed by atoms with van der Waals surface area (Å²) in [6.07, 6.45) is 0.528. The first-order chi connectivity index (χ1) is 14.0. The number of phenols is 1. The van der Waals surface area contributed by atoms with Crippen molar-refractivity contribution in [2.75, 3.05) is 27.4 Å². The summed E-state index contributed by atoms with van der Waals surface area (Å²) >= 11 is 0. The van der Waals surface area contributed by atoms with Gasteiger partial charge in [0, 0.05) is 25.8 Å². The first-order valence-electron chi connectivity index (χ1n) is 9.19. The summed E-state index contributed by atoms with van der Waals surface area (Å²) in [6.45, 7) is 0.700. The van der Waals surface area contributed by atoms with Crippen LogP contribution in [0.1, 0.15) is 23.6 Å². The third kappa shape index (κ3) is 3.95. The van der Waals surface area contributed by atoms with Crippen LogP contribution in [0.25, 0.3) is 5.76 Å². The molecule has 1 amide bonds. The lowest BCUT2D eigenvalue weighted by atomic mass is 9.95. The van der Waals surface area contributed by atoms with Crippen LogP contribution in [0.4, 0.5) is 0 Å². The maximum atomic E-state index is 12.8. The smallest absolute Gasteiger partial charge is 0.295 e. The maximum absolute atomic E-state index is 12.8. The van der Waals surface area contributed by atoms with Gasteiger partial charge in [0.1, 0.15) is 5.76 Å². The van der Waals surface area contributed by atoms with Gasteiger partial charge in [-0.05, 0) is 24.1 Å². The molecule has 0 aromatic heterocycles. The molecule has 1 aliphatic heterocycles. The number of Topliss-reactive ketones (excluding diaryl/α,β-unsaturated/α-hetero) is 1. The largest absolute Gasteiger partial charge is 0.507 e. The van der Waals surface area contributed by atoms with Crippen molar-refractivity contribution >= 4 is 17.4 Å². The highest BCUT2D eigenvalue weighted by atomic mass is 16.5. The van der Waals surface area contributed by atoms with E-state index in [1.54, 1.807) is 49.6 Å². The summed E-state index contributed by atoms with van der Waals surface area (Å²) in [6, 6.07) is 12.4. The van der Waals surface area contributed by atoms with E-state index in [1.807, 2.05) is 0 Å². The molecule has 3 rings (SSSR count). The Kier molecular flexibility index (Phi) is 6.19. The van der Waals surface area contributed by atoms with Crippen LogP contribution in [0.2, 0.25) is 0 Å². The number of rotatable bonds is 7. The first-order valence-corrected chi connectivity index (χ1v) is 9.19. The van der Waals surface area contributed by atoms with Crippen molar-refractivity contribution in [2.24, 2.45) is 0 Å². The number of carbonyl (C=O) groups is 2. The SMILES string of the molecule is COCCCN1C(=O)C(=O)/C(=C(\O)c2ccccc2)C1c1ccc(O)c(OC)c1. The van der Waals surface area contributed by atoms with Crippen molar-refractivity contribution in [2.45, 2.75) is 12.5 Å². The lowest BCUT2D eigenvalue weighted by molar-refractivity contribution is -0.140.